The molecule has 1 N–H and O–H groups in total. The quantitative estimate of drug-likeness (QED) is 0.486. The Labute approximate surface area is 135 Å². The molecule has 104 valence electrons. The van der Waals surface area contributed by atoms with Gasteiger partial charge in [0.15, 0.2) is 0 Å². The minimum atomic E-state index is -0.240. The van der Waals surface area contributed by atoms with Crippen LogP contribution in [-0.4, -0.2) is 19.2 Å². The summed E-state index contributed by atoms with van der Waals surface area (Å²) in [7, 11) is 1.60. The zero-order valence-corrected chi connectivity index (χ0v) is 14.0. The van der Waals surface area contributed by atoms with Crippen LogP contribution in [0.4, 0.5) is 0 Å². The highest BCUT2D eigenvalue weighted by molar-refractivity contribution is 14.1. The first kappa shape index (κ1) is 15.0. The summed E-state index contributed by atoms with van der Waals surface area (Å²) >= 11 is 3.71. The first-order chi connectivity index (χ1) is 9.61. The molecule has 1 aromatic carbocycles. The number of benzene rings is 1. The van der Waals surface area contributed by atoms with E-state index < -0.39 is 0 Å². The van der Waals surface area contributed by atoms with Crippen molar-refractivity contribution in [2.24, 2.45) is 5.10 Å². The van der Waals surface area contributed by atoms with Crippen LogP contribution < -0.4 is 10.2 Å². The van der Waals surface area contributed by atoms with Crippen LogP contribution in [0.5, 0.6) is 5.75 Å². The number of thiophene rings is 1. The Morgan fingerprint density at radius 1 is 1.45 bits per heavy atom. The number of halogens is 1. The van der Waals surface area contributed by atoms with Crippen molar-refractivity contribution in [1.29, 1.82) is 0 Å². The molecular formula is C14H13IN2O2S. The predicted molar refractivity (Wildman–Crippen MR) is 89.8 cm³/mol. The maximum atomic E-state index is 11.9. The minimum absolute atomic E-state index is 0.240. The van der Waals surface area contributed by atoms with E-state index in [1.807, 2.05) is 18.4 Å². The van der Waals surface area contributed by atoms with Gasteiger partial charge in [0.2, 0.25) is 0 Å². The molecule has 0 aliphatic carbocycles. The third-order valence-corrected chi connectivity index (χ3v) is 4.46. The number of nitrogens with zero attached hydrogens (tertiary/aromatic N) is 1. The zero-order valence-electron chi connectivity index (χ0n) is 11.0. The number of amides is 1. The lowest BCUT2D eigenvalue weighted by Crippen LogP contribution is -2.17. The normalized spacial score (nSPS) is 10.8. The number of carbonyl (C=O) groups excluding carboxylic acids is 1. The van der Waals surface area contributed by atoms with Gasteiger partial charge < -0.3 is 4.74 Å². The Balaban J connectivity index is 2.03. The number of nitrogens with one attached hydrogen (secondary N) is 1. The van der Waals surface area contributed by atoms with E-state index in [0.717, 1.165) is 19.8 Å². The molecule has 20 heavy (non-hydrogen) atoms. The predicted octanol–water partition coefficient (Wildman–Crippen LogP) is 3.43. The Kier molecular flexibility index (Phi) is 5.13. The van der Waals surface area contributed by atoms with Gasteiger partial charge in [0.1, 0.15) is 5.75 Å². The standard InChI is InChI=1S/C14H13IN2O2S/c1-9-5-6-20-13(9)8-16-17-14(18)10-3-4-12(19-2)11(15)7-10/h3-8H,1-2H3,(H,17,18). The molecule has 1 heterocycles. The lowest BCUT2D eigenvalue weighted by atomic mass is 10.2. The number of ether oxygens (including phenoxy) is 1. The molecule has 1 amide bonds. The van der Waals surface area contributed by atoms with Gasteiger partial charge in [-0.1, -0.05) is 0 Å². The molecule has 0 aliphatic rings. The third kappa shape index (κ3) is 3.57. The van der Waals surface area contributed by atoms with Gasteiger partial charge >= 0.3 is 0 Å². The van der Waals surface area contributed by atoms with Crippen molar-refractivity contribution in [3.63, 3.8) is 0 Å². The van der Waals surface area contributed by atoms with Crippen molar-refractivity contribution in [2.45, 2.75) is 6.92 Å². The molecule has 0 unspecified atom stereocenters. The second kappa shape index (κ2) is 6.85. The summed E-state index contributed by atoms with van der Waals surface area (Å²) in [6, 6.07) is 7.26. The van der Waals surface area contributed by atoms with Gasteiger partial charge in [-0.3, -0.25) is 4.79 Å². The topological polar surface area (TPSA) is 50.7 Å². The molecule has 2 aromatic rings. The molecule has 0 atom stereocenters. The fraction of sp³-hybridized carbons (Fsp3) is 0.143. The summed E-state index contributed by atoms with van der Waals surface area (Å²) in [6.07, 6.45) is 1.66. The lowest BCUT2D eigenvalue weighted by molar-refractivity contribution is 0.0955. The van der Waals surface area contributed by atoms with Crippen LogP contribution in [0.2, 0.25) is 0 Å². The van der Waals surface area contributed by atoms with E-state index in [-0.39, 0.29) is 5.91 Å². The van der Waals surface area contributed by atoms with Crippen molar-refractivity contribution in [3.05, 3.63) is 49.2 Å². The Hall–Kier alpha value is -1.41. The van der Waals surface area contributed by atoms with E-state index in [9.17, 15) is 4.79 Å². The van der Waals surface area contributed by atoms with Gasteiger partial charge in [-0.25, -0.2) is 5.43 Å². The van der Waals surface area contributed by atoms with E-state index >= 15 is 0 Å². The molecule has 0 radical (unpaired) electrons. The molecule has 0 saturated heterocycles. The second-order valence-corrected chi connectivity index (χ2v) is 6.13. The average molecular weight is 400 g/mol. The van der Waals surface area contributed by atoms with Gasteiger partial charge in [-0.05, 0) is 64.7 Å². The van der Waals surface area contributed by atoms with Crippen LogP contribution in [0.25, 0.3) is 0 Å². The molecular weight excluding hydrogens is 387 g/mol. The summed E-state index contributed by atoms with van der Waals surface area (Å²) < 4.78 is 6.04. The molecule has 4 nitrogen and oxygen atoms in total. The van der Waals surface area contributed by atoms with Crippen molar-refractivity contribution < 1.29 is 9.53 Å². The first-order valence-electron chi connectivity index (χ1n) is 5.83. The summed E-state index contributed by atoms with van der Waals surface area (Å²) in [5.41, 5.74) is 4.22. The number of hydrogen-bond donors (Lipinski definition) is 1. The van der Waals surface area contributed by atoms with Gasteiger partial charge in [0.25, 0.3) is 5.91 Å². The van der Waals surface area contributed by atoms with E-state index in [2.05, 4.69) is 33.1 Å². The molecule has 2 rings (SSSR count). The maximum Gasteiger partial charge on any atom is 0.271 e. The highest BCUT2D eigenvalue weighted by atomic mass is 127. The largest absolute Gasteiger partial charge is 0.496 e. The van der Waals surface area contributed by atoms with Crippen LogP contribution in [0.3, 0.4) is 0 Å². The third-order valence-electron chi connectivity index (χ3n) is 2.66. The van der Waals surface area contributed by atoms with E-state index in [4.69, 9.17) is 4.74 Å². The average Bonchev–Trinajstić information content (AvgIpc) is 2.84. The Bertz CT molecular complexity index is 652. The fourth-order valence-electron chi connectivity index (χ4n) is 1.54. The second-order valence-electron chi connectivity index (χ2n) is 4.02. The Morgan fingerprint density at radius 3 is 2.85 bits per heavy atom. The first-order valence-corrected chi connectivity index (χ1v) is 7.78. The molecule has 6 heteroatoms. The van der Waals surface area contributed by atoms with Crippen LogP contribution >= 0.6 is 33.9 Å². The number of hydrogen-bond acceptors (Lipinski definition) is 4. The Morgan fingerprint density at radius 2 is 2.25 bits per heavy atom. The van der Waals surface area contributed by atoms with Crippen LogP contribution in [0.15, 0.2) is 34.7 Å². The number of hydrazone groups is 1. The highest BCUT2D eigenvalue weighted by Crippen LogP contribution is 2.21. The monoisotopic (exact) mass is 400 g/mol. The van der Waals surface area contributed by atoms with Gasteiger partial charge in [-0.15, -0.1) is 11.3 Å². The smallest absolute Gasteiger partial charge is 0.271 e. The van der Waals surface area contributed by atoms with Gasteiger partial charge in [-0.2, -0.15) is 5.10 Å². The van der Waals surface area contributed by atoms with E-state index in [1.165, 1.54) is 0 Å². The van der Waals surface area contributed by atoms with Gasteiger partial charge in [0, 0.05) is 10.4 Å². The molecule has 0 saturated carbocycles. The summed E-state index contributed by atoms with van der Waals surface area (Å²) in [6.45, 7) is 2.01. The van der Waals surface area contributed by atoms with Crippen molar-refractivity contribution in [2.75, 3.05) is 7.11 Å². The van der Waals surface area contributed by atoms with Crippen LogP contribution in [-0.2, 0) is 0 Å². The van der Waals surface area contributed by atoms with Crippen molar-refractivity contribution in [1.82, 2.24) is 5.43 Å². The SMILES string of the molecule is COc1ccc(C(=O)NN=Cc2sccc2C)cc1I. The molecule has 0 fully saturated rings. The summed E-state index contributed by atoms with van der Waals surface area (Å²) in [5, 5.41) is 5.97. The zero-order chi connectivity index (χ0) is 14.5. The molecule has 1 aromatic heterocycles. The minimum Gasteiger partial charge on any atom is -0.496 e. The highest BCUT2D eigenvalue weighted by Gasteiger charge is 2.07. The van der Waals surface area contributed by atoms with Crippen LogP contribution in [0.1, 0.15) is 20.8 Å². The van der Waals surface area contributed by atoms with E-state index in [0.29, 0.717) is 5.56 Å². The van der Waals surface area contributed by atoms with Crippen molar-refractivity contribution in [3.8, 4) is 5.75 Å². The number of methoxy groups -OCH3 is 1. The van der Waals surface area contributed by atoms with Crippen molar-refractivity contribution >= 4 is 46.0 Å². The number of carbonyl (C=O) groups is 1. The summed E-state index contributed by atoms with van der Waals surface area (Å²) in [5.74, 6) is 0.510. The molecule has 0 bridgehead atoms. The maximum absolute atomic E-state index is 11.9. The molecule has 0 spiro atoms. The van der Waals surface area contributed by atoms with Gasteiger partial charge in [0.05, 0.1) is 16.9 Å². The summed E-state index contributed by atoms with van der Waals surface area (Å²) in [4.78, 5) is 13.0. The molecule has 0 aliphatic heterocycles. The number of rotatable bonds is 4. The van der Waals surface area contributed by atoms with Crippen LogP contribution in [0, 0.1) is 10.5 Å². The lowest BCUT2D eigenvalue weighted by Gasteiger charge is -2.05. The fourth-order valence-corrected chi connectivity index (χ4v) is 3.06. The van der Waals surface area contributed by atoms with E-state index in [1.54, 1.807) is 42.9 Å². The number of aryl methyl sites for hydroxylation is 1.